The summed E-state index contributed by atoms with van der Waals surface area (Å²) in [6, 6.07) is 8.34. The fourth-order valence-electron chi connectivity index (χ4n) is 1.86. The SMILES string of the molecule is C=CCc1ccc(C2OCC(C)(C)CO2)cc1. The van der Waals surface area contributed by atoms with Crippen LogP contribution < -0.4 is 0 Å². The minimum atomic E-state index is -0.208. The van der Waals surface area contributed by atoms with E-state index in [1.54, 1.807) is 0 Å². The van der Waals surface area contributed by atoms with Gasteiger partial charge in [-0.3, -0.25) is 0 Å². The molecule has 1 fully saturated rings. The Balaban J connectivity index is 2.01. The molecular weight excluding hydrogens is 212 g/mol. The van der Waals surface area contributed by atoms with Crippen molar-refractivity contribution < 1.29 is 9.47 Å². The lowest BCUT2D eigenvalue weighted by molar-refractivity contribution is -0.226. The monoisotopic (exact) mass is 232 g/mol. The molecule has 0 amide bonds. The van der Waals surface area contributed by atoms with Crippen molar-refractivity contribution in [1.82, 2.24) is 0 Å². The number of rotatable bonds is 3. The van der Waals surface area contributed by atoms with Crippen LogP contribution in [0.4, 0.5) is 0 Å². The molecule has 92 valence electrons. The topological polar surface area (TPSA) is 18.5 Å². The normalized spacial score (nSPS) is 20.1. The fourth-order valence-corrected chi connectivity index (χ4v) is 1.86. The second kappa shape index (κ2) is 5.03. The van der Waals surface area contributed by atoms with Gasteiger partial charge >= 0.3 is 0 Å². The lowest BCUT2D eigenvalue weighted by Crippen LogP contribution is -2.33. The summed E-state index contributed by atoms with van der Waals surface area (Å²) in [7, 11) is 0. The molecule has 0 N–H and O–H groups in total. The third-order valence-corrected chi connectivity index (χ3v) is 2.88. The highest BCUT2D eigenvalue weighted by Gasteiger charge is 2.28. The Morgan fingerprint density at radius 2 is 1.82 bits per heavy atom. The van der Waals surface area contributed by atoms with E-state index in [1.807, 2.05) is 6.08 Å². The van der Waals surface area contributed by atoms with Gasteiger partial charge in [-0.1, -0.05) is 44.2 Å². The van der Waals surface area contributed by atoms with Gasteiger partial charge in [0.1, 0.15) is 0 Å². The minimum Gasteiger partial charge on any atom is -0.348 e. The zero-order chi connectivity index (χ0) is 12.3. The Hall–Kier alpha value is -1.12. The number of hydrogen-bond acceptors (Lipinski definition) is 2. The van der Waals surface area contributed by atoms with Gasteiger partial charge in [0.05, 0.1) is 13.2 Å². The predicted octanol–water partition coefficient (Wildman–Crippen LogP) is 3.49. The maximum atomic E-state index is 5.74. The Kier molecular flexibility index (Phi) is 3.65. The summed E-state index contributed by atoms with van der Waals surface area (Å²) < 4.78 is 11.5. The van der Waals surface area contributed by atoms with Crippen molar-refractivity contribution in [1.29, 1.82) is 0 Å². The Bertz CT molecular complexity index is 368. The van der Waals surface area contributed by atoms with Crippen molar-refractivity contribution in [3.63, 3.8) is 0 Å². The second-order valence-electron chi connectivity index (χ2n) is 5.35. The van der Waals surface area contributed by atoms with Gasteiger partial charge in [-0.05, 0) is 12.0 Å². The molecule has 1 aromatic rings. The molecule has 0 bridgehead atoms. The zero-order valence-electron chi connectivity index (χ0n) is 10.6. The molecule has 0 unspecified atom stereocenters. The summed E-state index contributed by atoms with van der Waals surface area (Å²) >= 11 is 0. The van der Waals surface area contributed by atoms with Crippen LogP contribution in [0.1, 0.15) is 31.3 Å². The summed E-state index contributed by atoms with van der Waals surface area (Å²) in [6.07, 6.45) is 2.60. The Labute approximate surface area is 103 Å². The standard InChI is InChI=1S/C15H20O2/c1-4-5-12-6-8-13(9-7-12)14-16-10-15(2,3)11-17-14/h4,6-9,14H,1,5,10-11H2,2-3H3. The second-order valence-corrected chi connectivity index (χ2v) is 5.35. The van der Waals surface area contributed by atoms with Crippen LogP contribution in [-0.2, 0) is 15.9 Å². The largest absolute Gasteiger partial charge is 0.348 e. The van der Waals surface area contributed by atoms with Gasteiger partial charge in [0, 0.05) is 11.0 Å². The van der Waals surface area contributed by atoms with Gasteiger partial charge in [0.25, 0.3) is 0 Å². The Morgan fingerprint density at radius 3 is 2.35 bits per heavy atom. The van der Waals surface area contributed by atoms with Crippen LogP contribution in [0.25, 0.3) is 0 Å². The van der Waals surface area contributed by atoms with Crippen LogP contribution >= 0.6 is 0 Å². The summed E-state index contributed by atoms with van der Waals surface area (Å²) in [6.45, 7) is 9.52. The first-order valence-electron chi connectivity index (χ1n) is 6.04. The summed E-state index contributed by atoms with van der Waals surface area (Å²) in [5.41, 5.74) is 2.48. The fraction of sp³-hybridized carbons (Fsp3) is 0.467. The molecule has 2 rings (SSSR count). The van der Waals surface area contributed by atoms with Crippen LogP contribution in [0.3, 0.4) is 0 Å². The Morgan fingerprint density at radius 1 is 1.24 bits per heavy atom. The van der Waals surface area contributed by atoms with E-state index in [-0.39, 0.29) is 11.7 Å². The highest BCUT2D eigenvalue weighted by molar-refractivity contribution is 5.24. The predicted molar refractivity (Wildman–Crippen MR) is 68.8 cm³/mol. The molecule has 1 aliphatic heterocycles. The number of benzene rings is 1. The van der Waals surface area contributed by atoms with Crippen molar-refractivity contribution >= 4 is 0 Å². The van der Waals surface area contributed by atoms with E-state index in [2.05, 4.69) is 44.7 Å². The lowest BCUT2D eigenvalue weighted by atomic mass is 9.95. The maximum Gasteiger partial charge on any atom is 0.183 e. The van der Waals surface area contributed by atoms with Crippen molar-refractivity contribution in [3.8, 4) is 0 Å². The third-order valence-electron chi connectivity index (χ3n) is 2.88. The number of hydrogen-bond donors (Lipinski definition) is 0. The molecule has 0 aromatic heterocycles. The van der Waals surface area contributed by atoms with Crippen LogP contribution in [-0.4, -0.2) is 13.2 Å². The quantitative estimate of drug-likeness (QED) is 0.743. The molecular formula is C15H20O2. The van der Waals surface area contributed by atoms with Gasteiger partial charge in [-0.2, -0.15) is 0 Å². The molecule has 0 saturated carbocycles. The maximum absolute atomic E-state index is 5.74. The van der Waals surface area contributed by atoms with Crippen molar-refractivity contribution in [3.05, 3.63) is 48.0 Å². The van der Waals surface area contributed by atoms with E-state index in [0.717, 1.165) is 25.2 Å². The van der Waals surface area contributed by atoms with E-state index in [0.29, 0.717) is 0 Å². The first kappa shape index (κ1) is 12.3. The highest BCUT2D eigenvalue weighted by Crippen LogP contribution is 2.30. The summed E-state index contributed by atoms with van der Waals surface area (Å²) in [5, 5.41) is 0. The number of ether oxygens (including phenoxy) is 2. The average Bonchev–Trinajstić information content (AvgIpc) is 2.31. The van der Waals surface area contributed by atoms with Crippen LogP contribution in [0.2, 0.25) is 0 Å². The lowest BCUT2D eigenvalue weighted by Gasteiger charge is -2.34. The van der Waals surface area contributed by atoms with E-state index in [1.165, 1.54) is 5.56 Å². The van der Waals surface area contributed by atoms with E-state index < -0.39 is 0 Å². The van der Waals surface area contributed by atoms with Crippen molar-refractivity contribution in [2.45, 2.75) is 26.6 Å². The molecule has 2 nitrogen and oxygen atoms in total. The highest BCUT2D eigenvalue weighted by atomic mass is 16.7. The smallest absolute Gasteiger partial charge is 0.183 e. The zero-order valence-corrected chi connectivity index (χ0v) is 10.6. The molecule has 0 radical (unpaired) electrons. The molecule has 0 aliphatic carbocycles. The molecule has 1 saturated heterocycles. The molecule has 1 aromatic carbocycles. The first-order valence-corrected chi connectivity index (χ1v) is 6.04. The average molecular weight is 232 g/mol. The van der Waals surface area contributed by atoms with Gasteiger partial charge in [0.2, 0.25) is 0 Å². The van der Waals surface area contributed by atoms with Gasteiger partial charge in [-0.25, -0.2) is 0 Å². The molecule has 0 spiro atoms. The van der Waals surface area contributed by atoms with Crippen LogP contribution in [0, 0.1) is 5.41 Å². The molecule has 0 atom stereocenters. The molecule has 17 heavy (non-hydrogen) atoms. The summed E-state index contributed by atoms with van der Waals surface area (Å²) in [4.78, 5) is 0. The van der Waals surface area contributed by atoms with Crippen LogP contribution in [0.5, 0.6) is 0 Å². The van der Waals surface area contributed by atoms with Gasteiger partial charge in [0.15, 0.2) is 6.29 Å². The van der Waals surface area contributed by atoms with Gasteiger partial charge in [-0.15, -0.1) is 6.58 Å². The minimum absolute atomic E-state index is 0.124. The van der Waals surface area contributed by atoms with Gasteiger partial charge < -0.3 is 9.47 Å². The van der Waals surface area contributed by atoms with Crippen LogP contribution in [0.15, 0.2) is 36.9 Å². The summed E-state index contributed by atoms with van der Waals surface area (Å²) in [5.74, 6) is 0. The number of allylic oxidation sites excluding steroid dienone is 1. The molecule has 1 heterocycles. The van der Waals surface area contributed by atoms with E-state index in [9.17, 15) is 0 Å². The van der Waals surface area contributed by atoms with Crippen molar-refractivity contribution in [2.24, 2.45) is 5.41 Å². The van der Waals surface area contributed by atoms with E-state index in [4.69, 9.17) is 9.47 Å². The first-order chi connectivity index (χ1) is 8.11. The van der Waals surface area contributed by atoms with Crippen molar-refractivity contribution in [2.75, 3.05) is 13.2 Å². The molecule has 1 aliphatic rings. The van der Waals surface area contributed by atoms with E-state index >= 15 is 0 Å². The molecule has 2 heteroatoms. The third kappa shape index (κ3) is 3.18.